The lowest BCUT2D eigenvalue weighted by atomic mass is 9.68. The molecule has 4 aliphatic rings. The Balaban J connectivity index is 1.39. The van der Waals surface area contributed by atoms with E-state index in [1.807, 2.05) is 4.90 Å². The molecular weight excluding hydrogens is 388 g/mol. The Kier molecular flexibility index (Phi) is 4.85. The van der Waals surface area contributed by atoms with E-state index in [2.05, 4.69) is 54.2 Å². The molecule has 6 heteroatoms. The molecule has 5 rings (SSSR count). The molecule has 3 amide bonds. The van der Waals surface area contributed by atoms with Gasteiger partial charge in [0.1, 0.15) is 0 Å². The second-order valence-corrected chi connectivity index (χ2v) is 10.9. The lowest BCUT2D eigenvalue weighted by Crippen LogP contribution is -2.55. The van der Waals surface area contributed by atoms with Crippen molar-refractivity contribution in [2.75, 3.05) is 33.7 Å². The largest absolute Gasteiger partial charge is 0.369 e. The molecule has 1 aromatic carbocycles. The molecule has 3 saturated carbocycles. The van der Waals surface area contributed by atoms with Crippen LogP contribution in [0.5, 0.6) is 0 Å². The molecule has 2 N–H and O–H groups in total. The first kappa shape index (κ1) is 20.8. The maximum Gasteiger partial charge on any atom is 0.320 e. The lowest BCUT2D eigenvalue weighted by molar-refractivity contribution is -0.123. The molecule has 1 spiro atoms. The fraction of sp³-hybridized carbons (Fsp3) is 0.680. The van der Waals surface area contributed by atoms with Gasteiger partial charge in [-0.2, -0.15) is 0 Å². The Bertz CT molecular complexity index is 852. The van der Waals surface area contributed by atoms with Crippen LogP contribution in [0.3, 0.4) is 0 Å². The van der Waals surface area contributed by atoms with Crippen LogP contribution in [0.25, 0.3) is 0 Å². The van der Waals surface area contributed by atoms with Gasteiger partial charge in [-0.1, -0.05) is 30.3 Å². The van der Waals surface area contributed by atoms with Crippen LogP contribution in [-0.4, -0.2) is 65.9 Å². The second-order valence-electron chi connectivity index (χ2n) is 10.9. The van der Waals surface area contributed by atoms with Crippen LogP contribution < -0.4 is 5.73 Å². The summed E-state index contributed by atoms with van der Waals surface area (Å²) in [6, 6.07) is 11.0. The van der Waals surface area contributed by atoms with Crippen molar-refractivity contribution >= 4 is 11.9 Å². The monoisotopic (exact) mass is 424 g/mol. The summed E-state index contributed by atoms with van der Waals surface area (Å²) in [6.07, 6.45) is 8.17. The summed E-state index contributed by atoms with van der Waals surface area (Å²) in [6.45, 7) is 2.12. The topological polar surface area (TPSA) is 69.9 Å². The number of carbonyl (C=O) groups is 2. The van der Waals surface area contributed by atoms with E-state index in [9.17, 15) is 9.59 Å². The zero-order valence-corrected chi connectivity index (χ0v) is 19.0. The average molecular weight is 425 g/mol. The highest BCUT2D eigenvalue weighted by Crippen LogP contribution is 2.52. The van der Waals surface area contributed by atoms with Crippen molar-refractivity contribution in [1.29, 1.82) is 0 Å². The Hall–Kier alpha value is -2.08. The standard InChI is InChI=1S/C25H36N4O2/c1-27(2)25(20-6-4-3-5-7-20)14-12-24(13-15-25)18-28(17-23(10-11-23)21(26)30)22(31)29(24)16-19-8-9-19/h3-7,19H,8-18H2,1-2H3,(H2,26,30). The third-order valence-corrected chi connectivity index (χ3v) is 8.74. The van der Waals surface area contributed by atoms with E-state index in [0.29, 0.717) is 12.5 Å². The maximum absolute atomic E-state index is 13.5. The minimum atomic E-state index is -0.474. The third kappa shape index (κ3) is 3.43. The Morgan fingerprint density at radius 1 is 1.06 bits per heavy atom. The van der Waals surface area contributed by atoms with Gasteiger partial charge in [-0.3, -0.25) is 9.69 Å². The van der Waals surface area contributed by atoms with Crippen molar-refractivity contribution < 1.29 is 9.59 Å². The molecule has 0 bridgehead atoms. The Labute approximate surface area is 185 Å². The normalized spacial score (nSPS) is 32.2. The van der Waals surface area contributed by atoms with Crippen molar-refractivity contribution in [3.63, 3.8) is 0 Å². The first-order valence-electron chi connectivity index (χ1n) is 11.9. The van der Waals surface area contributed by atoms with Crippen LogP contribution in [0.1, 0.15) is 56.9 Å². The van der Waals surface area contributed by atoms with Gasteiger partial charge in [-0.15, -0.1) is 0 Å². The first-order valence-corrected chi connectivity index (χ1v) is 11.9. The van der Waals surface area contributed by atoms with Crippen LogP contribution in [0.4, 0.5) is 4.79 Å². The van der Waals surface area contributed by atoms with Gasteiger partial charge >= 0.3 is 6.03 Å². The summed E-state index contributed by atoms with van der Waals surface area (Å²) in [5, 5.41) is 0. The van der Waals surface area contributed by atoms with E-state index in [0.717, 1.165) is 51.6 Å². The third-order valence-electron chi connectivity index (χ3n) is 8.74. The van der Waals surface area contributed by atoms with Crippen molar-refractivity contribution in [3.8, 4) is 0 Å². The van der Waals surface area contributed by atoms with Crippen LogP contribution in [0, 0.1) is 11.3 Å². The van der Waals surface area contributed by atoms with Gasteiger partial charge in [-0.25, -0.2) is 4.79 Å². The highest BCUT2D eigenvalue weighted by atomic mass is 16.2. The molecule has 1 saturated heterocycles. The summed E-state index contributed by atoms with van der Waals surface area (Å²) >= 11 is 0. The van der Waals surface area contributed by atoms with E-state index >= 15 is 0 Å². The highest BCUT2D eigenvalue weighted by Gasteiger charge is 2.58. The number of primary amides is 1. The van der Waals surface area contributed by atoms with Gasteiger partial charge in [0, 0.05) is 25.2 Å². The van der Waals surface area contributed by atoms with Gasteiger partial charge < -0.3 is 15.5 Å². The minimum absolute atomic E-state index is 0.0131. The highest BCUT2D eigenvalue weighted by molar-refractivity contribution is 5.85. The fourth-order valence-corrected chi connectivity index (χ4v) is 6.13. The van der Waals surface area contributed by atoms with Gasteiger partial charge in [-0.05, 0) is 76.9 Å². The number of urea groups is 1. The number of hydrogen-bond acceptors (Lipinski definition) is 3. The van der Waals surface area contributed by atoms with Crippen molar-refractivity contribution in [2.45, 2.75) is 62.4 Å². The Morgan fingerprint density at radius 3 is 2.23 bits per heavy atom. The summed E-state index contributed by atoms with van der Waals surface area (Å²) in [5.74, 6) is 0.413. The van der Waals surface area contributed by atoms with E-state index in [4.69, 9.17) is 5.73 Å². The smallest absolute Gasteiger partial charge is 0.320 e. The average Bonchev–Trinajstić information content (AvgIpc) is 3.68. The SMILES string of the molecule is CN(C)C1(c2ccccc2)CCC2(CC1)CN(CC1(C(N)=O)CC1)C(=O)N2CC1CC1. The number of amides is 3. The van der Waals surface area contributed by atoms with Gasteiger partial charge in [0.15, 0.2) is 0 Å². The first-order chi connectivity index (χ1) is 14.8. The molecule has 31 heavy (non-hydrogen) atoms. The molecule has 0 atom stereocenters. The number of benzene rings is 1. The second kappa shape index (κ2) is 7.22. The molecule has 4 fully saturated rings. The predicted molar refractivity (Wildman–Crippen MR) is 120 cm³/mol. The van der Waals surface area contributed by atoms with Crippen molar-refractivity contribution in [3.05, 3.63) is 35.9 Å². The number of rotatable bonds is 7. The summed E-state index contributed by atoms with van der Waals surface area (Å²) in [5.41, 5.74) is 6.49. The summed E-state index contributed by atoms with van der Waals surface area (Å²) < 4.78 is 0. The molecular formula is C25H36N4O2. The van der Waals surface area contributed by atoms with E-state index in [1.54, 1.807) is 0 Å². The molecule has 1 heterocycles. The zero-order chi connectivity index (χ0) is 21.9. The van der Waals surface area contributed by atoms with Gasteiger partial charge in [0.25, 0.3) is 0 Å². The quantitative estimate of drug-likeness (QED) is 0.731. The van der Waals surface area contributed by atoms with Crippen molar-refractivity contribution in [2.24, 2.45) is 17.1 Å². The molecule has 168 valence electrons. The van der Waals surface area contributed by atoms with Crippen LogP contribution in [0.2, 0.25) is 0 Å². The molecule has 6 nitrogen and oxygen atoms in total. The zero-order valence-electron chi connectivity index (χ0n) is 19.0. The van der Waals surface area contributed by atoms with E-state index in [-0.39, 0.29) is 23.0 Å². The molecule has 0 unspecified atom stereocenters. The number of nitrogens with two attached hydrogens (primary N) is 1. The number of hydrogen-bond donors (Lipinski definition) is 1. The molecule has 0 radical (unpaired) electrons. The fourth-order valence-electron chi connectivity index (χ4n) is 6.13. The molecule has 0 aromatic heterocycles. The van der Waals surface area contributed by atoms with Crippen LogP contribution in [0.15, 0.2) is 30.3 Å². The van der Waals surface area contributed by atoms with E-state index in [1.165, 1.54) is 18.4 Å². The molecule has 1 aliphatic heterocycles. The van der Waals surface area contributed by atoms with E-state index < -0.39 is 5.41 Å². The van der Waals surface area contributed by atoms with Crippen LogP contribution in [-0.2, 0) is 10.3 Å². The number of nitrogens with zero attached hydrogens (tertiary/aromatic N) is 3. The summed E-state index contributed by atoms with van der Waals surface area (Å²) in [7, 11) is 4.37. The van der Waals surface area contributed by atoms with Crippen molar-refractivity contribution in [1.82, 2.24) is 14.7 Å². The van der Waals surface area contributed by atoms with Crippen LogP contribution >= 0.6 is 0 Å². The maximum atomic E-state index is 13.5. The Morgan fingerprint density at radius 2 is 1.71 bits per heavy atom. The number of carbonyl (C=O) groups excluding carboxylic acids is 2. The summed E-state index contributed by atoms with van der Waals surface area (Å²) in [4.78, 5) is 32.1. The lowest BCUT2D eigenvalue weighted by Gasteiger charge is -2.51. The predicted octanol–water partition coefficient (Wildman–Crippen LogP) is 3.17. The van der Waals surface area contributed by atoms with Gasteiger partial charge in [0.05, 0.1) is 11.0 Å². The minimum Gasteiger partial charge on any atom is -0.369 e. The van der Waals surface area contributed by atoms with Gasteiger partial charge in [0.2, 0.25) is 5.91 Å². The molecule has 1 aromatic rings. The molecule has 3 aliphatic carbocycles.